The maximum absolute atomic E-state index is 2.44. The molecule has 2 rings (SSSR count). The molecule has 1 saturated heterocycles. The molecule has 88 valence electrons. The van der Waals surface area contributed by atoms with Gasteiger partial charge in [0.05, 0.1) is 0 Å². The first-order valence-electron chi connectivity index (χ1n) is 5.90. The summed E-state index contributed by atoms with van der Waals surface area (Å²) in [5, 5.41) is 1.03. The molecule has 1 heterocycles. The molecular weight excluding hydrogens is 231 g/mol. The zero-order valence-electron chi connectivity index (χ0n) is 10.8. The second-order valence-electron chi connectivity index (χ2n) is 5.73. The van der Waals surface area contributed by atoms with Crippen LogP contribution in [0.4, 0.5) is 0 Å². The van der Waals surface area contributed by atoms with E-state index in [1.807, 2.05) is 0 Å². The average molecular weight is 252 g/mol. The van der Waals surface area contributed by atoms with Gasteiger partial charge in [-0.2, -0.15) is 0 Å². The van der Waals surface area contributed by atoms with E-state index in [1.165, 1.54) is 4.90 Å². The quantitative estimate of drug-likeness (QED) is 0.636. The first-order valence-corrected chi connectivity index (χ1v) is 8.66. The summed E-state index contributed by atoms with van der Waals surface area (Å²) in [6.07, 6.45) is 0. The van der Waals surface area contributed by atoms with Gasteiger partial charge >= 0.3 is 0 Å². The fourth-order valence-corrected chi connectivity index (χ4v) is 9.66. The van der Waals surface area contributed by atoms with Crippen LogP contribution in [-0.2, 0) is 0 Å². The monoisotopic (exact) mass is 252 g/mol. The topological polar surface area (TPSA) is 0 Å². The molecule has 0 aliphatic carbocycles. The van der Waals surface area contributed by atoms with Gasteiger partial charge in [-0.05, 0) is 35.5 Å². The average Bonchev–Trinajstić information content (AvgIpc) is 2.26. The van der Waals surface area contributed by atoms with Crippen molar-refractivity contribution in [3.05, 3.63) is 30.3 Å². The Morgan fingerprint density at radius 1 is 1.00 bits per heavy atom. The van der Waals surface area contributed by atoms with Crippen LogP contribution in [0.15, 0.2) is 35.2 Å². The zero-order valence-corrected chi connectivity index (χ0v) is 12.5. The lowest BCUT2D eigenvalue weighted by atomic mass is 9.83. The van der Waals surface area contributed by atoms with Crippen molar-refractivity contribution >= 4 is 18.5 Å². The number of rotatable bonds is 2. The Balaban J connectivity index is 2.17. The summed E-state index contributed by atoms with van der Waals surface area (Å²) in [4.78, 5) is 1.43. The lowest BCUT2D eigenvalue weighted by Gasteiger charge is -2.63. The first-order chi connectivity index (χ1) is 7.37. The van der Waals surface area contributed by atoms with Crippen LogP contribution in [0.25, 0.3) is 0 Å². The van der Waals surface area contributed by atoms with Crippen LogP contribution >= 0.6 is 18.5 Å². The summed E-state index contributed by atoms with van der Waals surface area (Å²) in [7, 11) is 0.0167. The SMILES string of the molecule is CC1C(C)(C)P(Sc2ccccc2)C1(C)C. The van der Waals surface area contributed by atoms with Gasteiger partial charge in [0.1, 0.15) is 0 Å². The van der Waals surface area contributed by atoms with Crippen LogP contribution in [0.3, 0.4) is 0 Å². The van der Waals surface area contributed by atoms with Crippen LogP contribution in [0.2, 0.25) is 0 Å². The molecule has 0 unspecified atom stereocenters. The second kappa shape index (κ2) is 4.03. The standard InChI is InChI=1S/C14H21PS/c1-11-13(2,3)15(14(11,4)5)16-12-9-7-6-8-10-12/h6-11H,1-5H3. The third-order valence-corrected chi connectivity index (χ3v) is 11.6. The van der Waals surface area contributed by atoms with Crippen LogP contribution in [-0.4, -0.2) is 10.3 Å². The van der Waals surface area contributed by atoms with Gasteiger partial charge in [-0.15, -0.1) is 0 Å². The number of benzene rings is 1. The molecule has 0 atom stereocenters. The van der Waals surface area contributed by atoms with Crippen molar-refractivity contribution in [2.75, 3.05) is 0 Å². The Morgan fingerprint density at radius 3 is 2.00 bits per heavy atom. The molecule has 1 aliphatic rings. The van der Waals surface area contributed by atoms with Crippen molar-refractivity contribution in [1.82, 2.24) is 0 Å². The molecule has 0 bridgehead atoms. The van der Waals surface area contributed by atoms with E-state index >= 15 is 0 Å². The summed E-state index contributed by atoms with van der Waals surface area (Å²) in [6.45, 7) is 12.1. The summed E-state index contributed by atoms with van der Waals surface area (Å²) in [5.74, 6) is 0.822. The largest absolute Gasteiger partial charge is 0.0975 e. The fourth-order valence-electron chi connectivity index (χ4n) is 2.71. The van der Waals surface area contributed by atoms with E-state index in [0.29, 0.717) is 10.3 Å². The van der Waals surface area contributed by atoms with Gasteiger partial charge in [0.2, 0.25) is 0 Å². The van der Waals surface area contributed by atoms with Crippen molar-refractivity contribution in [2.24, 2.45) is 5.92 Å². The molecule has 1 aliphatic heterocycles. The molecule has 0 saturated carbocycles. The van der Waals surface area contributed by atoms with Gasteiger partial charge in [0.15, 0.2) is 0 Å². The van der Waals surface area contributed by atoms with Crippen molar-refractivity contribution in [3.63, 3.8) is 0 Å². The molecule has 1 aromatic rings. The van der Waals surface area contributed by atoms with E-state index < -0.39 is 0 Å². The Bertz CT molecular complexity index is 354. The highest BCUT2D eigenvalue weighted by atomic mass is 32.7. The molecule has 0 radical (unpaired) electrons. The predicted molar refractivity (Wildman–Crippen MR) is 76.5 cm³/mol. The third kappa shape index (κ3) is 1.83. The van der Waals surface area contributed by atoms with Gasteiger partial charge < -0.3 is 0 Å². The maximum atomic E-state index is 2.44. The van der Waals surface area contributed by atoms with E-state index in [2.05, 4.69) is 76.3 Å². The van der Waals surface area contributed by atoms with Gasteiger partial charge in [-0.3, -0.25) is 0 Å². The highest BCUT2D eigenvalue weighted by molar-refractivity contribution is 8.57. The van der Waals surface area contributed by atoms with E-state index in [4.69, 9.17) is 0 Å². The minimum atomic E-state index is 0.0167. The third-order valence-electron chi connectivity index (χ3n) is 4.11. The minimum Gasteiger partial charge on any atom is -0.0975 e. The highest BCUT2D eigenvalue weighted by Crippen LogP contribution is 2.83. The maximum Gasteiger partial charge on any atom is 0.0116 e. The molecule has 0 nitrogen and oxygen atoms in total. The van der Waals surface area contributed by atoms with Gasteiger partial charge in [0, 0.05) is 4.90 Å². The molecule has 0 spiro atoms. The fraction of sp³-hybridized carbons (Fsp3) is 0.571. The molecule has 16 heavy (non-hydrogen) atoms. The van der Waals surface area contributed by atoms with Crippen molar-refractivity contribution < 1.29 is 0 Å². The van der Waals surface area contributed by atoms with E-state index in [-0.39, 0.29) is 7.12 Å². The van der Waals surface area contributed by atoms with Crippen LogP contribution in [0, 0.1) is 5.92 Å². The van der Waals surface area contributed by atoms with Gasteiger partial charge in [-0.1, -0.05) is 64.2 Å². The van der Waals surface area contributed by atoms with Crippen LogP contribution in [0.1, 0.15) is 34.6 Å². The Labute approximate surface area is 105 Å². The Kier molecular flexibility index (Phi) is 3.14. The lowest BCUT2D eigenvalue weighted by Crippen LogP contribution is -2.53. The predicted octanol–water partition coefficient (Wildman–Crippen LogP) is 5.38. The normalized spacial score (nSPS) is 30.8. The van der Waals surface area contributed by atoms with Crippen LogP contribution in [0.5, 0.6) is 0 Å². The van der Waals surface area contributed by atoms with Crippen molar-refractivity contribution in [2.45, 2.75) is 49.8 Å². The minimum absolute atomic E-state index is 0.0167. The molecular formula is C14H21PS. The Hall–Kier alpha value is 0. The smallest absolute Gasteiger partial charge is 0.0116 e. The molecule has 1 aromatic carbocycles. The number of hydrogen-bond acceptors (Lipinski definition) is 1. The summed E-state index contributed by atoms with van der Waals surface area (Å²) < 4.78 is 0. The highest BCUT2D eigenvalue weighted by Gasteiger charge is 2.59. The molecule has 0 amide bonds. The zero-order chi connectivity index (χ0) is 12.0. The van der Waals surface area contributed by atoms with E-state index in [1.54, 1.807) is 0 Å². The van der Waals surface area contributed by atoms with Crippen molar-refractivity contribution in [1.29, 1.82) is 0 Å². The van der Waals surface area contributed by atoms with Crippen LogP contribution < -0.4 is 0 Å². The number of hydrogen-bond donors (Lipinski definition) is 0. The summed E-state index contributed by atoms with van der Waals surface area (Å²) in [6, 6.07) is 10.9. The van der Waals surface area contributed by atoms with Gasteiger partial charge in [-0.25, -0.2) is 0 Å². The van der Waals surface area contributed by atoms with Crippen molar-refractivity contribution in [3.8, 4) is 0 Å². The van der Waals surface area contributed by atoms with E-state index in [9.17, 15) is 0 Å². The molecule has 0 aromatic heterocycles. The second-order valence-corrected chi connectivity index (χ2v) is 10.9. The lowest BCUT2D eigenvalue weighted by molar-refractivity contribution is 0.311. The van der Waals surface area contributed by atoms with Gasteiger partial charge in [0.25, 0.3) is 0 Å². The summed E-state index contributed by atoms with van der Waals surface area (Å²) >= 11 is 2.11. The molecule has 0 N–H and O–H groups in total. The molecule has 2 heteroatoms. The first kappa shape index (κ1) is 12.5. The summed E-state index contributed by atoms with van der Waals surface area (Å²) in [5.41, 5.74) is 0. The Morgan fingerprint density at radius 2 is 1.50 bits per heavy atom. The van der Waals surface area contributed by atoms with E-state index in [0.717, 1.165) is 5.92 Å². The molecule has 1 fully saturated rings.